The molecular formula is C17H23NS. The van der Waals surface area contributed by atoms with E-state index in [-0.39, 0.29) is 0 Å². The predicted molar refractivity (Wildman–Crippen MR) is 84.9 cm³/mol. The number of hydrogen-bond acceptors (Lipinski definition) is 2. The van der Waals surface area contributed by atoms with Crippen LogP contribution < -0.4 is 5.32 Å². The van der Waals surface area contributed by atoms with Gasteiger partial charge in [0.05, 0.1) is 0 Å². The highest BCUT2D eigenvalue weighted by atomic mass is 32.1. The zero-order valence-corrected chi connectivity index (χ0v) is 13.3. The molecular weight excluding hydrogens is 250 g/mol. The van der Waals surface area contributed by atoms with Gasteiger partial charge in [-0.15, -0.1) is 11.3 Å². The molecule has 0 aliphatic heterocycles. The van der Waals surface area contributed by atoms with Gasteiger partial charge in [0.15, 0.2) is 0 Å². The fourth-order valence-electron chi connectivity index (χ4n) is 2.50. The molecule has 0 aliphatic carbocycles. The molecule has 2 heteroatoms. The van der Waals surface area contributed by atoms with Gasteiger partial charge in [0.2, 0.25) is 0 Å². The first-order valence-corrected chi connectivity index (χ1v) is 7.68. The van der Waals surface area contributed by atoms with Gasteiger partial charge < -0.3 is 5.32 Å². The predicted octanol–water partition coefficient (Wildman–Crippen LogP) is 5.09. The second-order valence-electron chi connectivity index (χ2n) is 5.39. The van der Waals surface area contributed by atoms with Gasteiger partial charge in [-0.2, -0.15) is 0 Å². The SMILES string of the molecule is Cc1ccc([C@@H](C)NC(C)c2cc(C)sc2C)cc1. The first kappa shape index (κ1) is 14.3. The molecule has 2 atom stereocenters. The quantitative estimate of drug-likeness (QED) is 0.818. The van der Waals surface area contributed by atoms with Gasteiger partial charge in [0, 0.05) is 21.8 Å². The normalized spacial score (nSPS) is 14.4. The standard InChI is InChI=1S/C17H23NS/c1-11-6-8-16(9-7-11)13(3)18-14(4)17-10-12(2)19-15(17)5/h6-10,13-14,18H,1-5H3/t13-,14?/m1/s1. The highest BCUT2D eigenvalue weighted by Gasteiger charge is 2.14. The lowest BCUT2D eigenvalue weighted by Crippen LogP contribution is -2.22. The topological polar surface area (TPSA) is 12.0 Å². The van der Waals surface area contributed by atoms with E-state index < -0.39 is 0 Å². The van der Waals surface area contributed by atoms with Crippen LogP contribution in [0, 0.1) is 20.8 Å². The van der Waals surface area contributed by atoms with Crippen LogP contribution in [-0.2, 0) is 0 Å². The minimum Gasteiger partial charge on any atom is -0.304 e. The van der Waals surface area contributed by atoms with Crippen molar-refractivity contribution in [3.63, 3.8) is 0 Å². The Bertz CT molecular complexity index is 539. The summed E-state index contributed by atoms with van der Waals surface area (Å²) >= 11 is 1.88. The fourth-order valence-corrected chi connectivity index (χ4v) is 3.52. The lowest BCUT2D eigenvalue weighted by atomic mass is 10.0. The van der Waals surface area contributed by atoms with Crippen molar-refractivity contribution in [1.82, 2.24) is 5.32 Å². The van der Waals surface area contributed by atoms with Crippen LogP contribution in [0.5, 0.6) is 0 Å². The summed E-state index contributed by atoms with van der Waals surface area (Å²) < 4.78 is 0. The van der Waals surface area contributed by atoms with Crippen LogP contribution in [-0.4, -0.2) is 0 Å². The second kappa shape index (κ2) is 5.89. The van der Waals surface area contributed by atoms with E-state index in [2.05, 4.69) is 70.3 Å². The zero-order valence-electron chi connectivity index (χ0n) is 12.4. The first-order chi connectivity index (χ1) is 8.97. The molecule has 1 unspecified atom stereocenters. The van der Waals surface area contributed by atoms with Crippen molar-refractivity contribution in [3.05, 3.63) is 56.8 Å². The maximum Gasteiger partial charge on any atom is 0.0308 e. The maximum absolute atomic E-state index is 3.69. The summed E-state index contributed by atoms with van der Waals surface area (Å²) in [6.45, 7) is 11.0. The lowest BCUT2D eigenvalue weighted by molar-refractivity contribution is 0.494. The van der Waals surface area contributed by atoms with Gasteiger partial charge in [0.25, 0.3) is 0 Å². The van der Waals surface area contributed by atoms with E-state index in [1.54, 1.807) is 0 Å². The molecule has 1 aromatic carbocycles. The molecule has 1 heterocycles. The van der Waals surface area contributed by atoms with Crippen molar-refractivity contribution in [2.45, 2.75) is 46.7 Å². The minimum atomic E-state index is 0.371. The first-order valence-electron chi connectivity index (χ1n) is 6.87. The van der Waals surface area contributed by atoms with Gasteiger partial charge in [-0.1, -0.05) is 29.8 Å². The molecule has 0 spiro atoms. The Morgan fingerprint density at radius 1 is 0.947 bits per heavy atom. The summed E-state index contributed by atoms with van der Waals surface area (Å²) in [5, 5.41) is 3.69. The van der Waals surface area contributed by atoms with Crippen molar-refractivity contribution < 1.29 is 0 Å². The highest BCUT2D eigenvalue weighted by Crippen LogP contribution is 2.28. The summed E-state index contributed by atoms with van der Waals surface area (Å²) in [6.07, 6.45) is 0. The number of benzene rings is 1. The molecule has 2 rings (SSSR count). The van der Waals surface area contributed by atoms with Gasteiger partial charge in [-0.05, 0) is 51.8 Å². The molecule has 0 radical (unpaired) electrons. The van der Waals surface area contributed by atoms with Crippen molar-refractivity contribution in [2.75, 3.05) is 0 Å². The molecule has 0 bridgehead atoms. The van der Waals surface area contributed by atoms with Crippen molar-refractivity contribution in [2.24, 2.45) is 0 Å². The van der Waals surface area contributed by atoms with E-state index in [1.165, 1.54) is 26.4 Å². The number of aryl methyl sites for hydroxylation is 3. The van der Waals surface area contributed by atoms with Gasteiger partial charge in [0.1, 0.15) is 0 Å². The van der Waals surface area contributed by atoms with Crippen LogP contribution in [0.4, 0.5) is 0 Å². The molecule has 0 saturated carbocycles. The minimum absolute atomic E-state index is 0.371. The average molecular weight is 273 g/mol. The van der Waals surface area contributed by atoms with Gasteiger partial charge in [-0.25, -0.2) is 0 Å². The van der Waals surface area contributed by atoms with Gasteiger partial charge in [-0.3, -0.25) is 0 Å². The Kier molecular flexibility index (Phi) is 4.43. The number of hydrogen-bond donors (Lipinski definition) is 1. The molecule has 0 aliphatic rings. The summed E-state index contributed by atoms with van der Waals surface area (Å²) in [6, 6.07) is 11.9. The third-order valence-electron chi connectivity index (χ3n) is 3.62. The largest absolute Gasteiger partial charge is 0.304 e. The Hall–Kier alpha value is -1.12. The third-order valence-corrected chi connectivity index (χ3v) is 4.60. The maximum atomic E-state index is 3.69. The monoisotopic (exact) mass is 273 g/mol. The smallest absolute Gasteiger partial charge is 0.0308 e. The molecule has 0 amide bonds. The van der Waals surface area contributed by atoms with Crippen molar-refractivity contribution in [1.29, 1.82) is 0 Å². The number of thiophene rings is 1. The fraction of sp³-hybridized carbons (Fsp3) is 0.412. The van der Waals surface area contributed by atoms with E-state index in [1.807, 2.05) is 11.3 Å². The van der Waals surface area contributed by atoms with E-state index in [4.69, 9.17) is 0 Å². The van der Waals surface area contributed by atoms with Crippen LogP contribution in [0.3, 0.4) is 0 Å². The Morgan fingerprint density at radius 2 is 1.58 bits per heavy atom. The number of rotatable bonds is 4. The molecule has 1 N–H and O–H groups in total. The van der Waals surface area contributed by atoms with E-state index in [9.17, 15) is 0 Å². The second-order valence-corrected chi connectivity index (χ2v) is 6.85. The Morgan fingerprint density at radius 3 is 2.11 bits per heavy atom. The average Bonchev–Trinajstić information content (AvgIpc) is 2.69. The Balaban J connectivity index is 2.08. The van der Waals surface area contributed by atoms with Crippen LogP contribution >= 0.6 is 11.3 Å². The summed E-state index contributed by atoms with van der Waals surface area (Å²) in [5.41, 5.74) is 4.09. The zero-order chi connectivity index (χ0) is 14.0. The van der Waals surface area contributed by atoms with Crippen molar-refractivity contribution in [3.8, 4) is 0 Å². The lowest BCUT2D eigenvalue weighted by Gasteiger charge is -2.20. The Labute approximate surface area is 120 Å². The summed E-state index contributed by atoms with van der Waals surface area (Å²) in [5.74, 6) is 0. The van der Waals surface area contributed by atoms with E-state index in [0.29, 0.717) is 12.1 Å². The van der Waals surface area contributed by atoms with E-state index >= 15 is 0 Å². The molecule has 19 heavy (non-hydrogen) atoms. The molecule has 0 fully saturated rings. The highest BCUT2D eigenvalue weighted by molar-refractivity contribution is 7.12. The van der Waals surface area contributed by atoms with Crippen LogP contribution in [0.25, 0.3) is 0 Å². The summed E-state index contributed by atoms with van der Waals surface area (Å²) in [4.78, 5) is 2.82. The van der Waals surface area contributed by atoms with Crippen LogP contribution in [0.15, 0.2) is 30.3 Å². The molecule has 2 aromatic rings. The molecule has 0 saturated heterocycles. The molecule has 1 nitrogen and oxygen atoms in total. The van der Waals surface area contributed by atoms with Gasteiger partial charge >= 0.3 is 0 Å². The number of nitrogens with one attached hydrogen (secondary N) is 1. The molecule has 1 aromatic heterocycles. The molecule has 102 valence electrons. The van der Waals surface area contributed by atoms with Crippen LogP contribution in [0.1, 0.15) is 52.4 Å². The summed E-state index contributed by atoms with van der Waals surface area (Å²) in [7, 11) is 0. The van der Waals surface area contributed by atoms with Crippen LogP contribution in [0.2, 0.25) is 0 Å². The van der Waals surface area contributed by atoms with E-state index in [0.717, 1.165) is 0 Å². The third kappa shape index (κ3) is 3.46. The van der Waals surface area contributed by atoms with Crippen molar-refractivity contribution >= 4 is 11.3 Å².